The summed E-state index contributed by atoms with van der Waals surface area (Å²) in [5.74, 6) is -0.318. The van der Waals surface area contributed by atoms with E-state index in [1.807, 2.05) is 20.8 Å². The summed E-state index contributed by atoms with van der Waals surface area (Å²) in [6.45, 7) is 7.38. The number of carbonyl (C=O) groups is 1. The minimum absolute atomic E-state index is 0.0155. The maximum atomic E-state index is 11.6. The van der Waals surface area contributed by atoms with E-state index in [1.165, 1.54) is 6.92 Å². The highest BCUT2D eigenvalue weighted by Crippen LogP contribution is 2.37. The Kier molecular flexibility index (Phi) is 5.52. The van der Waals surface area contributed by atoms with Gasteiger partial charge in [0.15, 0.2) is 5.78 Å². The second-order valence-electron chi connectivity index (χ2n) is 5.06. The van der Waals surface area contributed by atoms with Gasteiger partial charge in [-0.15, -0.1) is 0 Å². The Hall–Kier alpha value is -0.0300. The molecule has 19 heavy (non-hydrogen) atoms. The smallest absolute Gasteiger partial charge is 0.265 e. The summed E-state index contributed by atoms with van der Waals surface area (Å²) in [4.78, 5) is 11.6. The number of hydrogen-bond acceptors (Lipinski definition) is 4. The molecule has 0 saturated carbocycles. The van der Waals surface area contributed by atoms with Gasteiger partial charge in [0.25, 0.3) is 3.79 Å². The van der Waals surface area contributed by atoms with Crippen molar-refractivity contribution in [1.29, 1.82) is 5.41 Å². The van der Waals surface area contributed by atoms with Crippen molar-refractivity contribution in [2.45, 2.75) is 43.9 Å². The van der Waals surface area contributed by atoms with E-state index < -0.39 is 22.1 Å². The lowest BCUT2D eigenvalue weighted by atomic mass is 9.78. The molecule has 0 aromatic heterocycles. The summed E-state index contributed by atoms with van der Waals surface area (Å²) in [6, 6.07) is 0. The fourth-order valence-corrected chi connectivity index (χ4v) is 2.31. The van der Waals surface area contributed by atoms with Gasteiger partial charge < -0.3 is 9.47 Å². The summed E-state index contributed by atoms with van der Waals surface area (Å²) in [5.41, 5.74) is 0. The molecule has 0 amide bonds. The molecule has 1 saturated heterocycles. The first-order valence-electron chi connectivity index (χ1n) is 6.04. The Morgan fingerprint density at radius 2 is 1.68 bits per heavy atom. The van der Waals surface area contributed by atoms with Gasteiger partial charge in [0, 0.05) is 5.92 Å². The number of Topliss-reactive ketones (excluding diaryl/α,β-unsaturated/α-hetero) is 1. The molecule has 1 rings (SSSR count). The van der Waals surface area contributed by atoms with E-state index in [4.69, 9.17) is 49.7 Å². The molecule has 1 heterocycles. The van der Waals surface area contributed by atoms with Crippen LogP contribution in [0.4, 0.5) is 0 Å². The predicted octanol–water partition coefficient (Wildman–Crippen LogP) is 3.57. The quantitative estimate of drug-likeness (QED) is 0.478. The van der Waals surface area contributed by atoms with Crippen LogP contribution in [0.5, 0.6) is 0 Å². The van der Waals surface area contributed by atoms with E-state index in [0.29, 0.717) is 0 Å². The first-order chi connectivity index (χ1) is 8.55. The summed E-state index contributed by atoms with van der Waals surface area (Å²) >= 11 is 16.7. The minimum Gasteiger partial charge on any atom is -0.448 e. The molecule has 0 aromatic carbocycles. The molecule has 0 spiro atoms. The maximum Gasteiger partial charge on any atom is 0.265 e. The van der Waals surface area contributed by atoms with Gasteiger partial charge in [-0.25, -0.2) is 0 Å². The second-order valence-corrected chi connectivity index (χ2v) is 7.34. The van der Waals surface area contributed by atoms with Crippen molar-refractivity contribution in [2.24, 2.45) is 17.8 Å². The molecule has 1 N–H and O–H groups in total. The third-order valence-corrected chi connectivity index (χ3v) is 4.25. The predicted molar refractivity (Wildman–Crippen MR) is 75.9 cm³/mol. The van der Waals surface area contributed by atoms with Crippen molar-refractivity contribution in [2.75, 3.05) is 0 Å². The van der Waals surface area contributed by atoms with Crippen LogP contribution in [0.15, 0.2) is 0 Å². The van der Waals surface area contributed by atoms with E-state index in [0.717, 1.165) is 0 Å². The number of nitrogens with one attached hydrogen (secondary N) is 1. The number of ketones is 1. The Bertz CT molecular complexity index is 370. The summed E-state index contributed by atoms with van der Waals surface area (Å²) in [5, 5.41) is 7.57. The molecule has 4 nitrogen and oxygen atoms in total. The summed E-state index contributed by atoms with van der Waals surface area (Å²) in [7, 11) is 0. The number of alkyl halides is 3. The van der Waals surface area contributed by atoms with Gasteiger partial charge in [-0.3, -0.25) is 10.2 Å². The standard InChI is InChI=1S/C12H18Cl3NO3/c1-5-6(2)9(8(4)17)18-10(7(5)3)19-11(16)12(13,14)15/h5-7,9-10,16H,1-4H3/t5-,6-,7?,9?,10?/m0/s1. The van der Waals surface area contributed by atoms with Crippen molar-refractivity contribution in [1.82, 2.24) is 0 Å². The van der Waals surface area contributed by atoms with Crippen molar-refractivity contribution >= 4 is 46.5 Å². The lowest BCUT2D eigenvalue weighted by Crippen LogP contribution is -2.49. The maximum absolute atomic E-state index is 11.6. The Labute approximate surface area is 128 Å². The average molecular weight is 331 g/mol. The zero-order valence-electron chi connectivity index (χ0n) is 11.2. The van der Waals surface area contributed by atoms with Crippen LogP contribution < -0.4 is 0 Å². The largest absolute Gasteiger partial charge is 0.448 e. The number of rotatable bonds is 2. The van der Waals surface area contributed by atoms with Crippen molar-refractivity contribution in [3.8, 4) is 0 Å². The highest BCUT2D eigenvalue weighted by molar-refractivity contribution is 6.76. The molecule has 0 aliphatic carbocycles. The van der Waals surface area contributed by atoms with Gasteiger partial charge >= 0.3 is 0 Å². The number of ether oxygens (including phenoxy) is 2. The van der Waals surface area contributed by atoms with E-state index in [1.54, 1.807) is 0 Å². The zero-order chi connectivity index (χ0) is 15.0. The topological polar surface area (TPSA) is 59.4 Å². The van der Waals surface area contributed by atoms with Gasteiger partial charge in [-0.05, 0) is 18.8 Å². The third kappa shape index (κ3) is 3.97. The highest BCUT2D eigenvalue weighted by atomic mass is 35.6. The Morgan fingerprint density at radius 1 is 1.16 bits per heavy atom. The fraction of sp³-hybridized carbons (Fsp3) is 0.833. The van der Waals surface area contributed by atoms with E-state index in [2.05, 4.69) is 0 Å². The fourth-order valence-electron chi connectivity index (χ4n) is 2.18. The van der Waals surface area contributed by atoms with Crippen LogP contribution in [0.3, 0.4) is 0 Å². The molecule has 3 unspecified atom stereocenters. The first kappa shape index (κ1) is 17.0. The van der Waals surface area contributed by atoms with E-state index >= 15 is 0 Å². The first-order valence-corrected chi connectivity index (χ1v) is 7.17. The SMILES string of the molecule is CC(=O)C1OC(OC(=N)C(Cl)(Cl)Cl)C(C)[C@@H](C)[C@@H]1C. The van der Waals surface area contributed by atoms with Crippen LogP contribution in [0.25, 0.3) is 0 Å². The lowest BCUT2D eigenvalue weighted by molar-refractivity contribution is -0.215. The Balaban J connectivity index is 2.83. The van der Waals surface area contributed by atoms with Gasteiger partial charge in [0.1, 0.15) is 6.10 Å². The number of halogens is 3. The molecule has 1 fully saturated rings. The normalized spacial score (nSPS) is 35.8. The number of hydrogen-bond donors (Lipinski definition) is 1. The Morgan fingerprint density at radius 3 is 2.11 bits per heavy atom. The van der Waals surface area contributed by atoms with Crippen molar-refractivity contribution < 1.29 is 14.3 Å². The third-order valence-electron chi connectivity index (χ3n) is 3.74. The van der Waals surface area contributed by atoms with Crippen LogP contribution in [0.2, 0.25) is 0 Å². The average Bonchev–Trinajstić information content (AvgIpc) is 2.28. The van der Waals surface area contributed by atoms with Crippen LogP contribution in [-0.4, -0.2) is 27.9 Å². The molecule has 5 atom stereocenters. The molecule has 0 bridgehead atoms. The van der Waals surface area contributed by atoms with Crippen LogP contribution in [0, 0.1) is 23.2 Å². The zero-order valence-corrected chi connectivity index (χ0v) is 13.5. The van der Waals surface area contributed by atoms with Gasteiger partial charge in [-0.2, -0.15) is 0 Å². The monoisotopic (exact) mass is 329 g/mol. The molecule has 1 aliphatic rings. The second kappa shape index (κ2) is 6.17. The molecule has 7 heteroatoms. The van der Waals surface area contributed by atoms with E-state index in [-0.39, 0.29) is 23.5 Å². The van der Waals surface area contributed by atoms with Crippen molar-refractivity contribution in [3.05, 3.63) is 0 Å². The molecular formula is C12H18Cl3NO3. The highest BCUT2D eigenvalue weighted by Gasteiger charge is 2.44. The summed E-state index contributed by atoms with van der Waals surface area (Å²) in [6.07, 6.45) is -1.32. The van der Waals surface area contributed by atoms with Gasteiger partial charge in [-0.1, -0.05) is 55.6 Å². The lowest BCUT2D eigenvalue weighted by Gasteiger charge is -2.42. The molecule has 1 aliphatic heterocycles. The van der Waals surface area contributed by atoms with Crippen LogP contribution in [0.1, 0.15) is 27.7 Å². The molecule has 110 valence electrons. The molecular weight excluding hydrogens is 312 g/mol. The van der Waals surface area contributed by atoms with Gasteiger partial charge in [0.05, 0.1) is 0 Å². The molecule has 0 aromatic rings. The van der Waals surface area contributed by atoms with E-state index in [9.17, 15) is 4.79 Å². The van der Waals surface area contributed by atoms with Gasteiger partial charge in [0.2, 0.25) is 12.2 Å². The van der Waals surface area contributed by atoms with Crippen molar-refractivity contribution in [3.63, 3.8) is 0 Å². The number of carbonyl (C=O) groups excluding carboxylic acids is 1. The minimum atomic E-state index is -1.93. The van der Waals surface area contributed by atoms with Crippen LogP contribution in [-0.2, 0) is 14.3 Å². The molecule has 0 radical (unpaired) electrons. The summed E-state index contributed by atoms with van der Waals surface area (Å²) < 4.78 is 8.97. The van der Waals surface area contributed by atoms with Crippen LogP contribution >= 0.6 is 34.8 Å².